The summed E-state index contributed by atoms with van der Waals surface area (Å²) in [5.41, 5.74) is 0. The average molecular weight is 227 g/mol. The summed E-state index contributed by atoms with van der Waals surface area (Å²) in [5, 5.41) is 11.3. The molecule has 62 valence electrons. The molecule has 0 aliphatic heterocycles. The van der Waals surface area contributed by atoms with Crippen molar-refractivity contribution in [1.82, 2.24) is 9.97 Å². The average Bonchev–Trinajstić information content (AvgIpc) is 2.09. The number of hydrogen-bond acceptors (Lipinski definition) is 4. The fraction of sp³-hybridized carbons (Fsp3) is 0.286. The molecule has 0 aromatic carbocycles. The molecular formula is C7H7BrN4. The Hall–Kier alpha value is -1.15. The minimum Gasteiger partial charge on any atom is -0.368 e. The first-order valence-corrected chi connectivity index (χ1v) is 4.20. The lowest BCUT2D eigenvalue weighted by atomic mass is 10.4. The van der Waals surface area contributed by atoms with Crippen molar-refractivity contribution >= 4 is 21.7 Å². The van der Waals surface area contributed by atoms with E-state index in [1.54, 1.807) is 6.20 Å². The van der Waals surface area contributed by atoms with E-state index in [-0.39, 0.29) is 0 Å². The van der Waals surface area contributed by atoms with Crippen molar-refractivity contribution in [1.29, 1.82) is 5.26 Å². The molecule has 1 aromatic heterocycles. The molecule has 1 N–H and O–H groups in total. The van der Waals surface area contributed by atoms with Crippen LogP contribution in [0.2, 0.25) is 0 Å². The molecule has 0 unspecified atom stereocenters. The van der Waals surface area contributed by atoms with Gasteiger partial charge < -0.3 is 5.32 Å². The molecule has 0 fully saturated rings. The van der Waals surface area contributed by atoms with Crippen LogP contribution in [0.15, 0.2) is 17.0 Å². The molecule has 0 amide bonds. The van der Waals surface area contributed by atoms with E-state index in [1.165, 1.54) is 6.33 Å². The predicted octanol–water partition coefficient (Wildman–Crippen LogP) is 1.56. The van der Waals surface area contributed by atoms with Gasteiger partial charge in [-0.05, 0) is 15.9 Å². The molecule has 12 heavy (non-hydrogen) atoms. The van der Waals surface area contributed by atoms with E-state index in [9.17, 15) is 0 Å². The third-order valence-electron chi connectivity index (χ3n) is 1.20. The fourth-order valence-electron chi connectivity index (χ4n) is 0.680. The van der Waals surface area contributed by atoms with Crippen LogP contribution in [0.25, 0.3) is 0 Å². The van der Waals surface area contributed by atoms with Gasteiger partial charge in [-0.1, -0.05) is 0 Å². The van der Waals surface area contributed by atoms with Gasteiger partial charge in [0.25, 0.3) is 0 Å². The number of nitrogens with one attached hydrogen (secondary N) is 1. The normalized spacial score (nSPS) is 9.00. The second-order valence-corrected chi connectivity index (χ2v) is 2.91. The molecule has 0 saturated heterocycles. The Morgan fingerprint density at radius 2 is 2.50 bits per heavy atom. The summed E-state index contributed by atoms with van der Waals surface area (Å²) in [7, 11) is 0. The number of halogens is 1. The number of hydrogen-bond donors (Lipinski definition) is 1. The van der Waals surface area contributed by atoms with Gasteiger partial charge in [-0.15, -0.1) is 0 Å². The number of aromatic nitrogens is 2. The van der Waals surface area contributed by atoms with Crippen molar-refractivity contribution in [2.45, 2.75) is 6.42 Å². The van der Waals surface area contributed by atoms with Crippen LogP contribution in [-0.2, 0) is 0 Å². The maximum absolute atomic E-state index is 8.28. The van der Waals surface area contributed by atoms with Crippen LogP contribution in [0.3, 0.4) is 0 Å². The highest BCUT2D eigenvalue weighted by atomic mass is 79.9. The molecule has 1 aromatic rings. The minimum atomic E-state index is 0.469. The lowest BCUT2D eigenvalue weighted by Gasteiger charge is -2.02. The van der Waals surface area contributed by atoms with Crippen LogP contribution >= 0.6 is 15.9 Å². The number of nitrogens with zero attached hydrogens (tertiary/aromatic N) is 3. The Bertz CT molecular complexity index is 294. The van der Waals surface area contributed by atoms with Gasteiger partial charge in [0.1, 0.15) is 12.1 Å². The number of nitriles is 1. The van der Waals surface area contributed by atoms with Crippen LogP contribution in [-0.4, -0.2) is 16.5 Å². The Labute approximate surface area is 78.8 Å². The summed E-state index contributed by atoms with van der Waals surface area (Å²) in [4.78, 5) is 7.78. The van der Waals surface area contributed by atoms with E-state index in [4.69, 9.17) is 5.26 Å². The lowest BCUT2D eigenvalue weighted by Crippen LogP contribution is -2.02. The van der Waals surface area contributed by atoms with Crippen molar-refractivity contribution in [3.05, 3.63) is 17.0 Å². The van der Waals surface area contributed by atoms with E-state index in [1.807, 2.05) is 6.07 Å². The first kappa shape index (κ1) is 8.94. The van der Waals surface area contributed by atoms with E-state index in [2.05, 4.69) is 31.2 Å². The molecule has 0 radical (unpaired) electrons. The van der Waals surface area contributed by atoms with Crippen molar-refractivity contribution in [2.75, 3.05) is 11.9 Å². The molecule has 4 nitrogen and oxygen atoms in total. The van der Waals surface area contributed by atoms with E-state index < -0.39 is 0 Å². The monoisotopic (exact) mass is 226 g/mol. The zero-order valence-corrected chi connectivity index (χ0v) is 7.87. The van der Waals surface area contributed by atoms with Crippen LogP contribution in [0.1, 0.15) is 6.42 Å². The number of anilines is 1. The first-order valence-electron chi connectivity index (χ1n) is 3.41. The molecular weight excluding hydrogens is 220 g/mol. The Kier molecular flexibility index (Phi) is 3.48. The van der Waals surface area contributed by atoms with Gasteiger partial charge in [-0.25, -0.2) is 9.97 Å². The third kappa shape index (κ3) is 2.47. The van der Waals surface area contributed by atoms with Gasteiger partial charge in [0.15, 0.2) is 0 Å². The van der Waals surface area contributed by atoms with Crippen LogP contribution < -0.4 is 5.32 Å². The third-order valence-corrected chi connectivity index (χ3v) is 1.78. The second-order valence-electron chi connectivity index (χ2n) is 2.05. The van der Waals surface area contributed by atoms with Crippen molar-refractivity contribution < 1.29 is 0 Å². The van der Waals surface area contributed by atoms with Gasteiger partial charge in [-0.3, -0.25) is 0 Å². The van der Waals surface area contributed by atoms with Crippen LogP contribution in [0.4, 0.5) is 5.82 Å². The largest absolute Gasteiger partial charge is 0.368 e. The summed E-state index contributed by atoms with van der Waals surface area (Å²) in [6.07, 6.45) is 3.58. The van der Waals surface area contributed by atoms with Crippen molar-refractivity contribution in [3.8, 4) is 6.07 Å². The molecule has 0 atom stereocenters. The SMILES string of the molecule is N#CCCNc1ncncc1Br. The second kappa shape index (κ2) is 4.67. The summed E-state index contributed by atoms with van der Waals surface area (Å²) in [5.74, 6) is 0.722. The summed E-state index contributed by atoms with van der Waals surface area (Å²) >= 11 is 3.28. The van der Waals surface area contributed by atoms with Gasteiger partial charge in [-0.2, -0.15) is 5.26 Å². The van der Waals surface area contributed by atoms with Gasteiger partial charge in [0.2, 0.25) is 0 Å². The van der Waals surface area contributed by atoms with E-state index >= 15 is 0 Å². The van der Waals surface area contributed by atoms with Crippen LogP contribution in [0.5, 0.6) is 0 Å². The van der Waals surface area contributed by atoms with Crippen molar-refractivity contribution in [3.63, 3.8) is 0 Å². The fourth-order valence-corrected chi connectivity index (χ4v) is 1.04. The van der Waals surface area contributed by atoms with Gasteiger partial charge in [0, 0.05) is 12.7 Å². The predicted molar refractivity (Wildman–Crippen MR) is 48.5 cm³/mol. The molecule has 5 heteroatoms. The Balaban J connectivity index is 2.53. The highest BCUT2D eigenvalue weighted by molar-refractivity contribution is 9.10. The molecule has 1 rings (SSSR count). The Morgan fingerprint density at radius 3 is 3.17 bits per heavy atom. The molecule has 0 saturated carbocycles. The molecule has 1 heterocycles. The molecule has 0 aliphatic carbocycles. The molecule has 0 aliphatic rings. The Morgan fingerprint density at radius 1 is 1.67 bits per heavy atom. The quantitative estimate of drug-likeness (QED) is 0.796. The summed E-state index contributed by atoms with van der Waals surface area (Å²) < 4.78 is 0.808. The van der Waals surface area contributed by atoms with Gasteiger partial charge in [0.05, 0.1) is 17.0 Å². The standard InChI is InChI=1S/C7H7BrN4/c8-6-4-10-5-12-7(6)11-3-1-2-9/h4-5H,1,3H2,(H,10,11,12). The lowest BCUT2D eigenvalue weighted by molar-refractivity contribution is 1.04. The van der Waals surface area contributed by atoms with Gasteiger partial charge >= 0.3 is 0 Å². The number of rotatable bonds is 3. The summed E-state index contributed by atoms with van der Waals surface area (Å²) in [6.45, 7) is 0.603. The maximum atomic E-state index is 8.28. The van der Waals surface area contributed by atoms with E-state index in [0.717, 1.165) is 10.3 Å². The van der Waals surface area contributed by atoms with Crippen LogP contribution in [0, 0.1) is 11.3 Å². The zero-order valence-electron chi connectivity index (χ0n) is 6.29. The maximum Gasteiger partial charge on any atom is 0.143 e. The van der Waals surface area contributed by atoms with Crippen molar-refractivity contribution in [2.24, 2.45) is 0 Å². The van der Waals surface area contributed by atoms with E-state index in [0.29, 0.717) is 13.0 Å². The smallest absolute Gasteiger partial charge is 0.143 e. The topological polar surface area (TPSA) is 61.6 Å². The first-order chi connectivity index (χ1) is 5.84. The minimum absolute atomic E-state index is 0.469. The molecule has 0 spiro atoms. The molecule has 0 bridgehead atoms. The zero-order chi connectivity index (χ0) is 8.81. The highest BCUT2D eigenvalue weighted by Gasteiger charge is 1.97. The summed E-state index contributed by atoms with van der Waals surface area (Å²) in [6, 6.07) is 2.04. The highest BCUT2D eigenvalue weighted by Crippen LogP contribution is 2.16.